The number of fused-ring (bicyclic) bond motifs is 9. The molecule has 10 rings (SSSR count). The lowest BCUT2D eigenvalue weighted by atomic mass is 9.71. The largest absolute Gasteiger partial charge is 0.518 e. The highest BCUT2D eigenvalue weighted by atomic mass is 32.2. The first-order valence-electron chi connectivity index (χ1n) is 22.0. The Morgan fingerprint density at radius 2 is 1.57 bits per heavy atom. The number of nitrogens with zero attached hydrogens (tertiary/aromatic N) is 4. The molecule has 7 aliphatic heterocycles. The molecule has 0 aromatic heterocycles. The molecule has 1 spiro atoms. The average Bonchev–Trinajstić information content (AvgIpc) is 3.82. The second kappa shape index (κ2) is 18.5. The van der Waals surface area contributed by atoms with Gasteiger partial charge in [-0.05, 0) is 68.1 Å². The van der Waals surface area contributed by atoms with Gasteiger partial charge in [-0.2, -0.15) is 5.26 Å². The Kier molecular flexibility index (Phi) is 12.6. The number of nitriles is 1. The summed E-state index contributed by atoms with van der Waals surface area (Å²) in [6, 6.07) is 3.63. The van der Waals surface area contributed by atoms with E-state index in [9.17, 15) is 24.4 Å². The van der Waals surface area contributed by atoms with E-state index in [4.69, 9.17) is 52.1 Å². The van der Waals surface area contributed by atoms with Crippen molar-refractivity contribution in [3.05, 3.63) is 101 Å². The lowest BCUT2D eigenvalue weighted by Gasteiger charge is -2.62. The average molecular weight is 981 g/mol. The van der Waals surface area contributed by atoms with Gasteiger partial charge in [0.2, 0.25) is 6.79 Å². The van der Waals surface area contributed by atoms with Crippen molar-refractivity contribution in [3.63, 3.8) is 0 Å². The van der Waals surface area contributed by atoms with Crippen molar-refractivity contribution in [3.8, 4) is 46.3 Å². The molecule has 1 unspecified atom stereocenters. The highest BCUT2D eigenvalue weighted by Crippen LogP contribution is 2.65. The van der Waals surface area contributed by atoms with E-state index in [1.807, 2.05) is 24.9 Å². The van der Waals surface area contributed by atoms with Crippen molar-refractivity contribution < 1.29 is 76.1 Å². The van der Waals surface area contributed by atoms with Crippen LogP contribution < -0.4 is 33.2 Å². The highest BCUT2D eigenvalue weighted by molar-refractivity contribution is 7.99. The van der Waals surface area contributed by atoms with Crippen molar-refractivity contribution in [2.75, 3.05) is 47.0 Å². The number of rotatable bonds is 8. The molecule has 3 aromatic carbocycles. The van der Waals surface area contributed by atoms with Gasteiger partial charge in [-0.1, -0.05) is 25.8 Å². The van der Waals surface area contributed by atoms with Crippen LogP contribution in [0.1, 0.15) is 68.8 Å². The summed E-state index contributed by atoms with van der Waals surface area (Å²) in [5.74, 6) is -0.650. The maximum absolute atomic E-state index is 15.6. The number of benzene rings is 3. The van der Waals surface area contributed by atoms with Gasteiger partial charge >= 0.3 is 30.3 Å². The van der Waals surface area contributed by atoms with Crippen molar-refractivity contribution >= 4 is 42.1 Å². The summed E-state index contributed by atoms with van der Waals surface area (Å²) in [4.78, 5) is 74.4. The van der Waals surface area contributed by atoms with Crippen LogP contribution in [0.15, 0.2) is 56.7 Å². The molecule has 2 saturated heterocycles. The van der Waals surface area contributed by atoms with Crippen LogP contribution in [0, 0.1) is 25.2 Å². The van der Waals surface area contributed by atoms with Crippen molar-refractivity contribution in [2.45, 2.75) is 74.6 Å². The van der Waals surface area contributed by atoms with E-state index in [0.717, 1.165) is 24.3 Å². The van der Waals surface area contributed by atoms with Gasteiger partial charge in [-0.15, -0.1) is 11.8 Å². The summed E-state index contributed by atoms with van der Waals surface area (Å²) >= 11 is 1.23. The second-order valence-electron chi connectivity index (χ2n) is 17.1. The Morgan fingerprint density at radius 3 is 2.24 bits per heavy atom. The molecule has 0 radical (unpaired) electrons. The standard InChI is InChI=1S/C49H48N4O16S/c1-10-61-46(56)52-14-13-26-17-33(68-47(57)62-11-2)32(59-8)18-28(26)49(52)21-70-44-36-35(42-41(65-22-66-42)24(5)40(36)67-25(6)54)31(20-64-45(49)55)53-30(19-50)29-16-27-15-23(4)39(60-9)43(69-48(58)63-12-3)34(27)37(38(44)53)51(29)7/h10-12,15,17-18,29-31,37-38,44H,1-3,13-14,16,20-22H2,4-9H3/t29-,30+,31-,37-,38?,44-,49-/m1/s1. The number of methoxy groups -OCH3 is 2. The lowest BCUT2D eigenvalue weighted by Crippen LogP contribution is -2.69. The van der Waals surface area contributed by atoms with Gasteiger partial charge in [0.1, 0.15) is 18.4 Å². The molecular formula is C49H48N4O16S. The van der Waals surface area contributed by atoms with E-state index in [2.05, 4.69) is 30.7 Å². The number of hydrogen-bond donors (Lipinski definition) is 0. The molecule has 21 heteroatoms. The van der Waals surface area contributed by atoms with E-state index in [0.29, 0.717) is 51.3 Å². The fourth-order valence-electron chi connectivity index (χ4n) is 11.2. The number of esters is 2. The molecule has 2 fully saturated rings. The molecule has 366 valence electrons. The number of amides is 1. The van der Waals surface area contributed by atoms with Crippen molar-refractivity contribution in [1.82, 2.24) is 14.7 Å². The first-order valence-corrected chi connectivity index (χ1v) is 23.1. The van der Waals surface area contributed by atoms with Gasteiger partial charge in [0.25, 0.3) is 0 Å². The zero-order valence-electron chi connectivity index (χ0n) is 39.0. The number of piperazine rings is 1. The number of hydrogen-bond acceptors (Lipinski definition) is 20. The van der Waals surface area contributed by atoms with Crippen LogP contribution in [0.4, 0.5) is 14.4 Å². The van der Waals surface area contributed by atoms with E-state index in [1.54, 1.807) is 6.92 Å². The minimum atomic E-state index is -2.01. The number of thioether (sulfide) groups is 1. The SMILES string of the molecule is C=COC(=O)Oc1cc2c(cc1OC)[C@@]1(CS[C@@H]3c4c(OC(C)=O)c(C)c5c(c4[C@@H](COC1=O)N1C3[C@H]3c4c(cc(C)c(OC)c4OC(=O)OC=C)C[C@H]([C@@H]1C#N)N3C)OCO5)N(C(=O)OC=C)CC2. The smallest absolute Gasteiger partial charge is 0.493 e. The summed E-state index contributed by atoms with van der Waals surface area (Å²) < 4.78 is 63.6. The maximum Gasteiger partial charge on any atom is 0.518 e. The summed E-state index contributed by atoms with van der Waals surface area (Å²) in [5, 5.41) is 10.5. The normalized spacial score (nSPS) is 24.7. The number of carbonyl (C=O) groups excluding carboxylic acids is 5. The van der Waals surface area contributed by atoms with Crippen molar-refractivity contribution in [1.29, 1.82) is 5.26 Å². The topological polar surface area (TPSA) is 220 Å². The lowest BCUT2D eigenvalue weighted by molar-refractivity contribution is -0.162. The van der Waals surface area contributed by atoms with Gasteiger partial charge < -0.3 is 52.1 Å². The second-order valence-corrected chi connectivity index (χ2v) is 18.2. The van der Waals surface area contributed by atoms with E-state index >= 15 is 4.79 Å². The van der Waals surface area contributed by atoms with Gasteiger partial charge in [-0.3, -0.25) is 19.5 Å². The van der Waals surface area contributed by atoms with Crippen LogP contribution in [0.25, 0.3) is 0 Å². The number of ether oxygens (including phenoxy) is 11. The van der Waals surface area contributed by atoms with Crippen LogP contribution in [0.5, 0.6) is 40.2 Å². The third-order valence-corrected chi connectivity index (χ3v) is 15.2. The summed E-state index contributed by atoms with van der Waals surface area (Å²) in [6.07, 6.45) is 0.197. The third-order valence-electron chi connectivity index (χ3n) is 13.8. The first-order chi connectivity index (χ1) is 33.7. The number of aryl methyl sites for hydroxylation is 1. The molecule has 0 saturated carbocycles. The van der Waals surface area contributed by atoms with Crippen LogP contribution in [0.3, 0.4) is 0 Å². The van der Waals surface area contributed by atoms with Gasteiger partial charge in [0.05, 0.1) is 56.4 Å². The molecule has 70 heavy (non-hydrogen) atoms. The Balaban J connectivity index is 1.34. The molecule has 1 amide bonds. The van der Waals surface area contributed by atoms with Gasteiger partial charge in [0, 0.05) is 53.6 Å². The zero-order valence-corrected chi connectivity index (χ0v) is 39.8. The molecule has 4 bridgehead atoms. The van der Waals surface area contributed by atoms with E-state index in [-0.39, 0.29) is 59.8 Å². The fraction of sp³-hybridized carbons (Fsp3) is 0.388. The molecule has 7 aliphatic rings. The maximum atomic E-state index is 15.6. The Morgan fingerprint density at radius 1 is 0.857 bits per heavy atom. The molecule has 0 N–H and O–H groups in total. The summed E-state index contributed by atoms with van der Waals surface area (Å²) in [7, 11) is 4.68. The van der Waals surface area contributed by atoms with Gasteiger partial charge in [-0.25, -0.2) is 19.2 Å². The molecule has 7 heterocycles. The predicted octanol–water partition coefficient (Wildman–Crippen LogP) is 6.89. The summed E-state index contributed by atoms with van der Waals surface area (Å²) in [5.41, 5.74) is 2.16. The molecular weight excluding hydrogens is 933 g/mol. The first kappa shape index (κ1) is 47.6. The molecule has 20 nitrogen and oxygen atoms in total. The van der Waals surface area contributed by atoms with Crippen LogP contribution in [-0.4, -0.2) is 110 Å². The third kappa shape index (κ3) is 7.31. The minimum absolute atomic E-state index is 0.00821. The molecule has 3 aromatic rings. The number of carbonyl (C=O) groups is 5. The van der Waals surface area contributed by atoms with Gasteiger partial charge in [0.15, 0.2) is 40.0 Å². The fourth-order valence-corrected chi connectivity index (χ4v) is 12.9. The Labute approximate surface area is 406 Å². The molecule has 7 atom stereocenters. The monoisotopic (exact) mass is 980 g/mol. The Hall–Kier alpha value is -7.41. The summed E-state index contributed by atoms with van der Waals surface area (Å²) in [6.45, 7) is 14.6. The zero-order chi connectivity index (χ0) is 49.9. The Bertz CT molecular complexity index is 2830. The highest BCUT2D eigenvalue weighted by Gasteiger charge is 2.63. The minimum Gasteiger partial charge on any atom is -0.493 e. The van der Waals surface area contributed by atoms with E-state index < -0.39 is 77.9 Å². The predicted molar refractivity (Wildman–Crippen MR) is 245 cm³/mol. The van der Waals surface area contributed by atoms with Crippen molar-refractivity contribution in [2.24, 2.45) is 0 Å². The van der Waals surface area contributed by atoms with Crippen LogP contribution >= 0.6 is 11.8 Å². The van der Waals surface area contributed by atoms with E-state index in [1.165, 1.54) is 49.9 Å². The molecule has 0 aliphatic carbocycles. The quantitative estimate of drug-likeness (QED) is 0.0737. The number of likely N-dealkylation sites (N-methyl/N-ethyl adjacent to an activating group) is 1. The van der Waals surface area contributed by atoms with Crippen LogP contribution in [-0.2, 0) is 46.9 Å². The van der Waals surface area contributed by atoms with Crippen LogP contribution in [0.2, 0.25) is 0 Å².